The van der Waals surface area contributed by atoms with Crippen molar-refractivity contribution < 1.29 is 17.9 Å². The van der Waals surface area contributed by atoms with Crippen molar-refractivity contribution in [3.8, 4) is 16.3 Å². The van der Waals surface area contributed by atoms with Crippen molar-refractivity contribution in [1.82, 2.24) is 14.9 Å². The van der Waals surface area contributed by atoms with Crippen LogP contribution in [0.2, 0.25) is 0 Å². The summed E-state index contributed by atoms with van der Waals surface area (Å²) < 4.78 is 31.8. The second-order valence-electron chi connectivity index (χ2n) is 6.23. The number of carbonyl (C=O) groups excluding carboxylic acids is 1. The average molecular weight is 445 g/mol. The van der Waals surface area contributed by atoms with Crippen LogP contribution in [-0.4, -0.2) is 37.7 Å². The average Bonchev–Trinajstić information content (AvgIpc) is 3.21. The van der Waals surface area contributed by atoms with E-state index >= 15 is 0 Å². The van der Waals surface area contributed by atoms with Gasteiger partial charge in [0.25, 0.3) is 0 Å². The number of amides is 1. The molecule has 1 atom stereocenters. The Morgan fingerprint density at radius 2 is 1.80 bits per heavy atom. The maximum atomic E-state index is 12.4. The van der Waals surface area contributed by atoms with Crippen LogP contribution in [-0.2, 0) is 14.8 Å². The van der Waals surface area contributed by atoms with Gasteiger partial charge >= 0.3 is 0 Å². The van der Waals surface area contributed by atoms with Gasteiger partial charge in [-0.05, 0) is 42.8 Å². The molecule has 30 heavy (non-hydrogen) atoms. The highest BCUT2D eigenvalue weighted by atomic mass is 32.2. The Balaban J connectivity index is 1.60. The number of ether oxygens (including phenoxy) is 1. The standard InChI is InChI=1S/C20H20N4O4S2/c1-14(24-30(26,27)13-12-15-6-4-3-5-7-15)18(25)21-20-23-22-19(29-20)16-8-10-17(28-2)11-9-16/h3-14,24H,1-2H3,(H,21,23,25)/b13-12+. The number of carbonyl (C=O) groups is 1. The lowest BCUT2D eigenvalue weighted by Crippen LogP contribution is -2.40. The number of aromatic nitrogens is 2. The van der Waals surface area contributed by atoms with E-state index in [0.29, 0.717) is 5.01 Å². The fourth-order valence-electron chi connectivity index (χ4n) is 2.41. The molecule has 2 aromatic carbocycles. The topological polar surface area (TPSA) is 110 Å². The molecule has 0 aliphatic carbocycles. The number of methoxy groups -OCH3 is 1. The van der Waals surface area contributed by atoms with Crippen LogP contribution in [0.15, 0.2) is 60.0 Å². The van der Waals surface area contributed by atoms with Crippen LogP contribution in [0.5, 0.6) is 5.75 Å². The number of nitrogens with zero attached hydrogens (tertiary/aromatic N) is 2. The molecule has 8 nitrogen and oxygen atoms in total. The van der Waals surface area contributed by atoms with Crippen molar-refractivity contribution in [2.75, 3.05) is 12.4 Å². The zero-order valence-electron chi connectivity index (χ0n) is 16.3. The van der Waals surface area contributed by atoms with Crippen LogP contribution in [0.25, 0.3) is 16.6 Å². The summed E-state index contributed by atoms with van der Waals surface area (Å²) in [6.45, 7) is 1.45. The fourth-order valence-corrected chi connectivity index (χ4v) is 4.18. The minimum Gasteiger partial charge on any atom is -0.497 e. The van der Waals surface area contributed by atoms with Crippen molar-refractivity contribution >= 4 is 38.5 Å². The van der Waals surface area contributed by atoms with Crippen LogP contribution in [0.1, 0.15) is 12.5 Å². The molecule has 10 heteroatoms. The Kier molecular flexibility index (Phi) is 6.93. The Labute approximate surface area is 178 Å². The lowest BCUT2D eigenvalue weighted by Gasteiger charge is -2.11. The monoisotopic (exact) mass is 444 g/mol. The van der Waals surface area contributed by atoms with Crippen LogP contribution in [0.3, 0.4) is 0 Å². The van der Waals surface area contributed by atoms with Gasteiger partial charge in [0.05, 0.1) is 13.2 Å². The molecule has 2 N–H and O–H groups in total. The van der Waals surface area contributed by atoms with Gasteiger partial charge in [-0.3, -0.25) is 10.1 Å². The van der Waals surface area contributed by atoms with Gasteiger partial charge < -0.3 is 4.74 Å². The van der Waals surface area contributed by atoms with Gasteiger partial charge in [-0.25, -0.2) is 8.42 Å². The molecule has 1 aromatic heterocycles. The summed E-state index contributed by atoms with van der Waals surface area (Å²) in [7, 11) is -2.21. The molecule has 156 valence electrons. The third kappa shape index (κ3) is 5.96. The normalized spacial score (nSPS) is 12.6. The van der Waals surface area contributed by atoms with E-state index in [4.69, 9.17) is 4.74 Å². The molecule has 0 saturated heterocycles. The minimum absolute atomic E-state index is 0.275. The van der Waals surface area contributed by atoms with Gasteiger partial charge in [0.15, 0.2) is 0 Å². The molecule has 0 spiro atoms. The molecule has 1 amide bonds. The molecule has 0 radical (unpaired) electrons. The minimum atomic E-state index is -3.80. The molecule has 0 saturated carbocycles. The second kappa shape index (κ2) is 9.61. The zero-order chi connectivity index (χ0) is 21.6. The predicted molar refractivity (Wildman–Crippen MR) is 118 cm³/mol. The van der Waals surface area contributed by atoms with E-state index < -0.39 is 22.0 Å². The summed E-state index contributed by atoms with van der Waals surface area (Å²) in [5.74, 6) is 0.184. The first-order valence-electron chi connectivity index (χ1n) is 8.90. The molecule has 1 heterocycles. The summed E-state index contributed by atoms with van der Waals surface area (Å²) in [4.78, 5) is 12.4. The first-order chi connectivity index (χ1) is 14.4. The van der Waals surface area contributed by atoms with Crippen molar-refractivity contribution in [1.29, 1.82) is 0 Å². The van der Waals surface area contributed by atoms with E-state index in [1.807, 2.05) is 18.2 Å². The predicted octanol–water partition coefficient (Wildman–Crippen LogP) is 3.13. The van der Waals surface area contributed by atoms with Gasteiger partial charge in [-0.2, -0.15) is 4.72 Å². The number of benzene rings is 2. The second-order valence-corrected chi connectivity index (χ2v) is 8.80. The molecule has 0 bridgehead atoms. The largest absolute Gasteiger partial charge is 0.497 e. The summed E-state index contributed by atoms with van der Waals surface area (Å²) in [6.07, 6.45) is 1.46. The Morgan fingerprint density at radius 3 is 2.47 bits per heavy atom. The molecule has 3 rings (SSSR count). The van der Waals surface area contributed by atoms with E-state index in [0.717, 1.165) is 22.3 Å². The van der Waals surface area contributed by atoms with Crippen molar-refractivity contribution in [3.63, 3.8) is 0 Å². The van der Waals surface area contributed by atoms with E-state index in [1.165, 1.54) is 24.3 Å². The Hall–Kier alpha value is -3.08. The van der Waals surface area contributed by atoms with E-state index in [2.05, 4.69) is 20.2 Å². The SMILES string of the molecule is COc1ccc(-c2nnc(NC(=O)C(C)NS(=O)(=O)/C=C/c3ccccc3)s2)cc1. The highest BCUT2D eigenvalue weighted by molar-refractivity contribution is 7.92. The van der Waals surface area contributed by atoms with Gasteiger partial charge in [-0.15, -0.1) is 10.2 Å². The highest BCUT2D eigenvalue weighted by Crippen LogP contribution is 2.27. The van der Waals surface area contributed by atoms with Crippen molar-refractivity contribution in [2.45, 2.75) is 13.0 Å². The van der Waals surface area contributed by atoms with E-state index in [1.54, 1.807) is 43.5 Å². The van der Waals surface area contributed by atoms with Crippen LogP contribution < -0.4 is 14.8 Å². The van der Waals surface area contributed by atoms with Gasteiger partial charge in [0, 0.05) is 11.0 Å². The molecular formula is C20H20N4O4S2. The molecule has 0 fully saturated rings. The Bertz CT molecular complexity index is 1130. The Morgan fingerprint density at radius 1 is 1.10 bits per heavy atom. The number of hydrogen-bond acceptors (Lipinski definition) is 7. The first kappa shape index (κ1) is 21.6. The maximum Gasteiger partial charge on any atom is 0.244 e. The lowest BCUT2D eigenvalue weighted by molar-refractivity contribution is -0.117. The number of nitrogens with one attached hydrogen (secondary N) is 2. The van der Waals surface area contributed by atoms with E-state index in [9.17, 15) is 13.2 Å². The van der Waals surface area contributed by atoms with Crippen molar-refractivity contribution in [3.05, 3.63) is 65.6 Å². The number of anilines is 1. The zero-order valence-corrected chi connectivity index (χ0v) is 17.9. The number of rotatable bonds is 8. The fraction of sp³-hybridized carbons (Fsp3) is 0.150. The van der Waals surface area contributed by atoms with Crippen molar-refractivity contribution in [2.24, 2.45) is 0 Å². The molecule has 0 aliphatic heterocycles. The van der Waals surface area contributed by atoms with Crippen LogP contribution in [0.4, 0.5) is 5.13 Å². The smallest absolute Gasteiger partial charge is 0.244 e. The van der Waals surface area contributed by atoms with E-state index in [-0.39, 0.29) is 5.13 Å². The maximum absolute atomic E-state index is 12.4. The summed E-state index contributed by atoms with van der Waals surface area (Å²) in [5, 5.41) is 12.5. The summed E-state index contributed by atoms with van der Waals surface area (Å²) in [6, 6.07) is 15.3. The van der Waals surface area contributed by atoms with Crippen LogP contribution in [0, 0.1) is 0 Å². The summed E-state index contributed by atoms with van der Waals surface area (Å²) >= 11 is 1.18. The quantitative estimate of drug-likeness (QED) is 0.552. The molecular weight excluding hydrogens is 424 g/mol. The third-order valence-electron chi connectivity index (χ3n) is 3.97. The summed E-state index contributed by atoms with van der Waals surface area (Å²) in [5.41, 5.74) is 1.56. The van der Waals surface area contributed by atoms with Gasteiger partial charge in [0.2, 0.25) is 21.1 Å². The van der Waals surface area contributed by atoms with Gasteiger partial charge in [-0.1, -0.05) is 41.7 Å². The molecule has 3 aromatic rings. The number of sulfonamides is 1. The van der Waals surface area contributed by atoms with Gasteiger partial charge in [0.1, 0.15) is 10.8 Å². The lowest BCUT2D eigenvalue weighted by atomic mass is 10.2. The molecule has 0 aliphatic rings. The third-order valence-corrected chi connectivity index (χ3v) is 6.03. The van der Waals surface area contributed by atoms with Crippen LogP contribution >= 0.6 is 11.3 Å². The number of hydrogen-bond donors (Lipinski definition) is 2. The first-order valence-corrected chi connectivity index (χ1v) is 11.3. The highest BCUT2D eigenvalue weighted by Gasteiger charge is 2.20. The molecule has 1 unspecified atom stereocenters.